The van der Waals surface area contributed by atoms with E-state index in [1.165, 1.54) is 0 Å². The second kappa shape index (κ2) is 7.69. The van der Waals surface area contributed by atoms with Gasteiger partial charge in [0, 0.05) is 35.6 Å². The first kappa shape index (κ1) is 17.5. The minimum absolute atomic E-state index is 0.221. The van der Waals surface area contributed by atoms with Crippen molar-refractivity contribution >= 4 is 29.2 Å². The van der Waals surface area contributed by atoms with Crippen LogP contribution in [0.1, 0.15) is 33.6 Å². The maximum Gasteiger partial charge on any atom is 0.319 e. The van der Waals surface area contributed by atoms with Crippen molar-refractivity contribution in [1.29, 1.82) is 0 Å². The molecule has 1 saturated carbocycles. The van der Waals surface area contributed by atoms with Crippen LogP contribution in [0.4, 0.5) is 16.2 Å². The number of carbonyl (C=O) groups is 3. The monoisotopic (exact) mass is 352 g/mol. The van der Waals surface area contributed by atoms with E-state index in [4.69, 9.17) is 0 Å². The van der Waals surface area contributed by atoms with Crippen molar-refractivity contribution in [1.82, 2.24) is 10.6 Å². The Morgan fingerprint density at radius 1 is 0.846 bits per heavy atom. The molecule has 134 valence electrons. The Labute approximate surface area is 151 Å². The summed E-state index contributed by atoms with van der Waals surface area (Å²) < 4.78 is 0. The lowest BCUT2D eigenvalue weighted by atomic mass is 10.1. The van der Waals surface area contributed by atoms with Gasteiger partial charge < -0.3 is 21.3 Å². The zero-order valence-electron chi connectivity index (χ0n) is 14.3. The first-order chi connectivity index (χ1) is 12.5. The van der Waals surface area contributed by atoms with Gasteiger partial charge in [0.25, 0.3) is 11.8 Å². The van der Waals surface area contributed by atoms with Crippen molar-refractivity contribution in [2.45, 2.75) is 18.9 Å². The predicted octanol–water partition coefficient (Wildman–Crippen LogP) is 2.58. The Hall–Kier alpha value is -3.35. The zero-order valence-corrected chi connectivity index (χ0v) is 14.3. The Kier molecular flexibility index (Phi) is 5.17. The number of hydrogen-bond acceptors (Lipinski definition) is 3. The quantitative estimate of drug-likeness (QED) is 0.665. The van der Waals surface area contributed by atoms with Crippen LogP contribution in [0.5, 0.6) is 0 Å². The van der Waals surface area contributed by atoms with Gasteiger partial charge in [0.2, 0.25) is 0 Å². The van der Waals surface area contributed by atoms with Crippen molar-refractivity contribution in [2.75, 3.05) is 17.7 Å². The van der Waals surface area contributed by atoms with Crippen LogP contribution in [-0.4, -0.2) is 30.9 Å². The van der Waals surface area contributed by atoms with Gasteiger partial charge in [-0.3, -0.25) is 9.59 Å². The molecule has 3 rings (SSSR count). The first-order valence-corrected chi connectivity index (χ1v) is 8.36. The van der Waals surface area contributed by atoms with Crippen LogP contribution < -0.4 is 21.3 Å². The molecular formula is C19H20N4O3. The SMILES string of the molecule is CNC(=O)c1cccc(NC(=O)c2ccc(NC(=O)NC3CC3)cc2)c1. The van der Waals surface area contributed by atoms with E-state index < -0.39 is 0 Å². The summed E-state index contributed by atoms with van der Waals surface area (Å²) in [4.78, 5) is 35.7. The highest BCUT2D eigenvalue weighted by atomic mass is 16.2. The number of amides is 4. The lowest BCUT2D eigenvalue weighted by Crippen LogP contribution is -2.30. The molecule has 0 unspecified atom stereocenters. The maximum absolute atomic E-state index is 12.3. The summed E-state index contributed by atoms with van der Waals surface area (Å²) in [5.41, 5.74) is 2.05. The van der Waals surface area contributed by atoms with E-state index in [0.29, 0.717) is 22.5 Å². The fourth-order valence-electron chi connectivity index (χ4n) is 2.37. The normalized spacial score (nSPS) is 12.8. The van der Waals surface area contributed by atoms with E-state index in [2.05, 4.69) is 21.3 Å². The standard InChI is InChI=1S/C19H20N4O3/c1-20-17(24)13-3-2-4-16(11-13)21-18(25)12-5-7-14(8-6-12)22-19(26)23-15-9-10-15/h2-8,11,15H,9-10H2,1H3,(H,20,24)(H,21,25)(H2,22,23,26). The summed E-state index contributed by atoms with van der Waals surface area (Å²) in [6.45, 7) is 0. The molecule has 2 aromatic carbocycles. The Balaban J connectivity index is 1.61. The minimum atomic E-state index is -0.298. The third kappa shape index (κ3) is 4.60. The largest absolute Gasteiger partial charge is 0.355 e. The summed E-state index contributed by atoms with van der Waals surface area (Å²) in [5.74, 6) is -0.519. The highest BCUT2D eigenvalue weighted by Crippen LogP contribution is 2.19. The molecule has 7 nitrogen and oxygen atoms in total. The topological polar surface area (TPSA) is 99.3 Å². The van der Waals surface area contributed by atoms with Gasteiger partial charge in [0.15, 0.2) is 0 Å². The van der Waals surface area contributed by atoms with E-state index in [9.17, 15) is 14.4 Å². The molecule has 0 saturated heterocycles. The highest BCUT2D eigenvalue weighted by molar-refractivity contribution is 6.05. The number of benzene rings is 2. The van der Waals surface area contributed by atoms with Gasteiger partial charge in [-0.25, -0.2) is 4.79 Å². The van der Waals surface area contributed by atoms with Crippen LogP contribution in [0, 0.1) is 0 Å². The fraction of sp³-hybridized carbons (Fsp3) is 0.211. The number of carbonyl (C=O) groups excluding carboxylic acids is 3. The first-order valence-electron chi connectivity index (χ1n) is 8.36. The van der Waals surface area contributed by atoms with Gasteiger partial charge >= 0.3 is 6.03 Å². The molecule has 2 aromatic rings. The Morgan fingerprint density at radius 3 is 2.23 bits per heavy atom. The third-order valence-corrected chi connectivity index (χ3v) is 3.93. The van der Waals surface area contributed by atoms with E-state index in [1.807, 2.05) is 0 Å². The smallest absolute Gasteiger partial charge is 0.319 e. The molecule has 0 spiro atoms. The zero-order chi connectivity index (χ0) is 18.5. The lowest BCUT2D eigenvalue weighted by Gasteiger charge is -2.09. The fourth-order valence-corrected chi connectivity index (χ4v) is 2.37. The summed E-state index contributed by atoms with van der Waals surface area (Å²) in [6, 6.07) is 13.3. The molecule has 0 aliphatic heterocycles. The van der Waals surface area contributed by atoms with Crippen molar-refractivity contribution in [3.63, 3.8) is 0 Å². The molecule has 1 aliphatic rings. The van der Waals surface area contributed by atoms with Crippen molar-refractivity contribution < 1.29 is 14.4 Å². The average molecular weight is 352 g/mol. The number of nitrogens with one attached hydrogen (secondary N) is 4. The average Bonchev–Trinajstić information content (AvgIpc) is 3.45. The molecule has 0 heterocycles. The summed E-state index contributed by atoms with van der Waals surface area (Å²) in [6.07, 6.45) is 2.04. The number of rotatable bonds is 5. The van der Waals surface area contributed by atoms with Gasteiger partial charge in [0.05, 0.1) is 0 Å². The predicted molar refractivity (Wildman–Crippen MR) is 99.4 cm³/mol. The van der Waals surface area contributed by atoms with E-state index in [0.717, 1.165) is 12.8 Å². The van der Waals surface area contributed by atoms with Crippen LogP contribution in [-0.2, 0) is 0 Å². The third-order valence-electron chi connectivity index (χ3n) is 3.93. The molecule has 1 fully saturated rings. The summed E-state index contributed by atoms with van der Waals surface area (Å²) in [7, 11) is 1.55. The Morgan fingerprint density at radius 2 is 1.58 bits per heavy atom. The maximum atomic E-state index is 12.3. The molecule has 26 heavy (non-hydrogen) atoms. The summed E-state index contributed by atoms with van der Waals surface area (Å²) >= 11 is 0. The van der Waals surface area contributed by atoms with Gasteiger partial charge in [0.1, 0.15) is 0 Å². The van der Waals surface area contributed by atoms with Crippen LogP contribution in [0.3, 0.4) is 0 Å². The van der Waals surface area contributed by atoms with Gasteiger partial charge in [-0.05, 0) is 55.3 Å². The van der Waals surface area contributed by atoms with Crippen LogP contribution in [0.25, 0.3) is 0 Å². The number of hydrogen-bond donors (Lipinski definition) is 4. The van der Waals surface area contributed by atoms with Gasteiger partial charge in [-0.15, -0.1) is 0 Å². The summed E-state index contributed by atoms with van der Waals surface area (Å²) in [5, 5.41) is 10.9. The highest BCUT2D eigenvalue weighted by Gasteiger charge is 2.23. The minimum Gasteiger partial charge on any atom is -0.355 e. The van der Waals surface area contributed by atoms with E-state index >= 15 is 0 Å². The lowest BCUT2D eigenvalue weighted by molar-refractivity contribution is 0.0961. The molecule has 4 N–H and O–H groups in total. The van der Waals surface area contributed by atoms with Crippen molar-refractivity contribution in [2.24, 2.45) is 0 Å². The second-order valence-electron chi connectivity index (χ2n) is 6.06. The second-order valence-corrected chi connectivity index (χ2v) is 6.06. The molecule has 0 bridgehead atoms. The van der Waals surface area contributed by atoms with E-state index in [1.54, 1.807) is 55.6 Å². The molecule has 1 aliphatic carbocycles. The molecule has 4 amide bonds. The molecule has 0 atom stereocenters. The van der Waals surface area contributed by atoms with Crippen LogP contribution >= 0.6 is 0 Å². The van der Waals surface area contributed by atoms with Crippen LogP contribution in [0.15, 0.2) is 48.5 Å². The molecular weight excluding hydrogens is 332 g/mol. The van der Waals surface area contributed by atoms with Gasteiger partial charge in [-0.1, -0.05) is 6.07 Å². The Bertz CT molecular complexity index is 829. The molecule has 7 heteroatoms. The van der Waals surface area contributed by atoms with Crippen LogP contribution in [0.2, 0.25) is 0 Å². The van der Waals surface area contributed by atoms with Crippen molar-refractivity contribution in [3.05, 3.63) is 59.7 Å². The molecule has 0 radical (unpaired) electrons. The van der Waals surface area contributed by atoms with E-state index in [-0.39, 0.29) is 23.9 Å². The number of anilines is 2. The number of urea groups is 1. The van der Waals surface area contributed by atoms with Crippen molar-refractivity contribution in [3.8, 4) is 0 Å². The molecule has 0 aromatic heterocycles. The van der Waals surface area contributed by atoms with Gasteiger partial charge in [-0.2, -0.15) is 0 Å².